The highest BCUT2D eigenvalue weighted by atomic mass is 35.5. The van der Waals surface area contributed by atoms with Gasteiger partial charge in [0.2, 0.25) is 15.9 Å². The molecule has 0 atom stereocenters. The smallest absolute Gasteiger partial charge is 0.290 e. The van der Waals surface area contributed by atoms with Crippen molar-refractivity contribution in [1.82, 2.24) is 4.31 Å². The summed E-state index contributed by atoms with van der Waals surface area (Å²) in [5.74, 6) is -0.573. The van der Waals surface area contributed by atoms with Crippen molar-refractivity contribution in [3.63, 3.8) is 0 Å². The second kappa shape index (κ2) is 7.81. The van der Waals surface area contributed by atoms with E-state index >= 15 is 0 Å². The van der Waals surface area contributed by atoms with Crippen molar-refractivity contribution in [2.24, 2.45) is 0 Å². The van der Waals surface area contributed by atoms with Crippen LogP contribution in [0.3, 0.4) is 0 Å². The lowest BCUT2D eigenvalue weighted by atomic mass is 10.2. The van der Waals surface area contributed by atoms with E-state index in [-0.39, 0.29) is 5.02 Å². The topological polar surface area (TPSA) is 110 Å². The van der Waals surface area contributed by atoms with Crippen molar-refractivity contribution in [1.29, 1.82) is 0 Å². The lowest BCUT2D eigenvalue weighted by molar-refractivity contribution is -0.387. The van der Waals surface area contributed by atoms with Crippen LogP contribution in [0.25, 0.3) is 0 Å². The van der Waals surface area contributed by atoms with Gasteiger partial charge < -0.3 is 5.32 Å². The summed E-state index contributed by atoms with van der Waals surface area (Å²) in [5, 5.41) is 13.7. The molecule has 0 spiro atoms. The molecule has 0 unspecified atom stereocenters. The van der Waals surface area contributed by atoms with Crippen molar-refractivity contribution in [2.75, 3.05) is 18.9 Å². The lowest BCUT2D eigenvalue weighted by Gasteiger charge is -2.17. The first-order valence-electron chi connectivity index (χ1n) is 7.38. The number of rotatable bonds is 6. The lowest BCUT2D eigenvalue weighted by Crippen LogP contribution is -2.35. The van der Waals surface area contributed by atoms with E-state index in [0.29, 0.717) is 5.69 Å². The van der Waals surface area contributed by atoms with Gasteiger partial charge in [-0.25, -0.2) is 8.42 Å². The monoisotopic (exact) mass is 397 g/mol. The molecule has 0 heterocycles. The number of nitrogens with one attached hydrogen (secondary N) is 1. The minimum absolute atomic E-state index is 0.0374. The number of nitrogens with zero attached hydrogens (tertiary/aromatic N) is 2. The van der Waals surface area contributed by atoms with E-state index in [9.17, 15) is 23.3 Å². The summed E-state index contributed by atoms with van der Waals surface area (Å²) >= 11 is 5.70. The van der Waals surface area contributed by atoms with Crippen LogP contribution in [0.1, 0.15) is 5.56 Å². The molecule has 1 N–H and O–H groups in total. The van der Waals surface area contributed by atoms with E-state index in [1.807, 2.05) is 6.92 Å². The molecule has 2 aromatic rings. The van der Waals surface area contributed by atoms with Crippen LogP contribution >= 0.6 is 11.6 Å². The molecular weight excluding hydrogens is 382 g/mol. The van der Waals surface area contributed by atoms with Gasteiger partial charge in [-0.15, -0.1) is 0 Å². The predicted octanol–water partition coefficient (Wildman–Crippen LogP) is 2.82. The highest BCUT2D eigenvalue weighted by molar-refractivity contribution is 7.89. The summed E-state index contributed by atoms with van der Waals surface area (Å²) in [7, 11) is -3.08. The third-order valence-corrected chi connectivity index (χ3v) is 5.59. The molecule has 10 heteroatoms. The van der Waals surface area contributed by atoms with Crippen molar-refractivity contribution >= 4 is 38.9 Å². The molecule has 0 radical (unpaired) electrons. The number of benzene rings is 2. The largest absolute Gasteiger partial charge is 0.325 e. The Balaban J connectivity index is 2.20. The number of nitro benzene ring substituents is 1. The van der Waals surface area contributed by atoms with Gasteiger partial charge in [0, 0.05) is 23.8 Å². The Morgan fingerprint density at radius 1 is 1.23 bits per heavy atom. The van der Waals surface area contributed by atoms with Crippen molar-refractivity contribution < 1.29 is 18.1 Å². The number of amides is 1. The summed E-state index contributed by atoms with van der Waals surface area (Å²) < 4.78 is 25.9. The van der Waals surface area contributed by atoms with Crippen LogP contribution < -0.4 is 5.32 Å². The first kappa shape index (κ1) is 19.8. The van der Waals surface area contributed by atoms with Gasteiger partial charge in [0.25, 0.3) is 5.69 Å². The molecule has 0 aliphatic heterocycles. The van der Waals surface area contributed by atoms with Gasteiger partial charge in [-0.3, -0.25) is 14.9 Å². The minimum Gasteiger partial charge on any atom is -0.325 e. The SMILES string of the molecule is Cc1ccc(NC(=O)CN(C)S(=O)(=O)c2ccc(Cl)cc2[N+](=O)[O-])cc1. The van der Waals surface area contributed by atoms with Crippen LogP contribution in [0.15, 0.2) is 47.4 Å². The van der Waals surface area contributed by atoms with Crippen LogP contribution in [0, 0.1) is 17.0 Å². The maximum atomic E-state index is 12.6. The fourth-order valence-electron chi connectivity index (χ4n) is 2.14. The molecule has 0 fully saturated rings. The van der Waals surface area contributed by atoms with Gasteiger partial charge in [0.1, 0.15) is 0 Å². The van der Waals surface area contributed by atoms with E-state index in [2.05, 4.69) is 5.32 Å². The van der Waals surface area contributed by atoms with Gasteiger partial charge in [-0.2, -0.15) is 4.31 Å². The molecule has 138 valence electrons. The number of hydrogen-bond donors (Lipinski definition) is 1. The summed E-state index contributed by atoms with van der Waals surface area (Å²) in [4.78, 5) is 21.8. The summed E-state index contributed by atoms with van der Waals surface area (Å²) in [6.07, 6.45) is 0. The number of sulfonamides is 1. The second-order valence-electron chi connectivity index (χ2n) is 5.54. The highest BCUT2D eigenvalue weighted by Gasteiger charge is 2.30. The zero-order valence-electron chi connectivity index (χ0n) is 14.0. The molecule has 0 saturated carbocycles. The van der Waals surface area contributed by atoms with E-state index in [1.54, 1.807) is 24.3 Å². The van der Waals surface area contributed by atoms with Crippen LogP contribution in [-0.2, 0) is 14.8 Å². The van der Waals surface area contributed by atoms with E-state index in [4.69, 9.17) is 11.6 Å². The number of carbonyl (C=O) groups excluding carboxylic acids is 1. The summed E-state index contributed by atoms with van der Waals surface area (Å²) in [6.45, 7) is 1.39. The number of anilines is 1. The average molecular weight is 398 g/mol. The molecule has 0 saturated heterocycles. The highest BCUT2D eigenvalue weighted by Crippen LogP contribution is 2.29. The number of carbonyl (C=O) groups is 1. The van der Waals surface area contributed by atoms with E-state index in [1.165, 1.54) is 13.1 Å². The first-order valence-corrected chi connectivity index (χ1v) is 9.20. The number of nitro groups is 1. The van der Waals surface area contributed by atoms with Crippen molar-refractivity contribution in [3.8, 4) is 0 Å². The molecule has 26 heavy (non-hydrogen) atoms. The second-order valence-corrected chi connectivity index (χ2v) is 7.99. The molecule has 2 aromatic carbocycles. The van der Waals surface area contributed by atoms with Gasteiger partial charge >= 0.3 is 0 Å². The number of halogens is 1. The zero-order chi connectivity index (χ0) is 19.5. The molecule has 0 bridgehead atoms. The van der Waals surface area contributed by atoms with Gasteiger partial charge in [-0.05, 0) is 31.2 Å². The Morgan fingerprint density at radius 2 is 1.85 bits per heavy atom. The number of likely N-dealkylation sites (N-methyl/N-ethyl adjacent to an activating group) is 1. The van der Waals surface area contributed by atoms with E-state index < -0.39 is 38.0 Å². The molecule has 2 rings (SSSR count). The Labute approximate surface area is 155 Å². The molecular formula is C16H16ClN3O5S. The maximum absolute atomic E-state index is 12.6. The maximum Gasteiger partial charge on any atom is 0.290 e. The van der Waals surface area contributed by atoms with Gasteiger partial charge in [-0.1, -0.05) is 29.3 Å². The Kier molecular flexibility index (Phi) is 5.96. The molecule has 0 aliphatic carbocycles. The summed E-state index contributed by atoms with van der Waals surface area (Å²) in [5.41, 5.74) is 0.880. The molecule has 0 aromatic heterocycles. The first-order chi connectivity index (χ1) is 12.1. The molecule has 0 aliphatic rings. The predicted molar refractivity (Wildman–Crippen MR) is 97.7 cm³/mol. The standard InChI is InChI=1S/C16H16ClN3O5S/c1-11-3-6-13(7-4-11)18-16(21)10-19(2)26(24,25)15-8-5-12(17)9-14(15)20(22)23/h3-9H,10H2,1-2H3,(H,18,21). The number of aryl methyl sites for hydroxylation is 1. The number of hydrogen-bond acceptors (Lipinski definition) is 5. The van der Waals surface area contributed by atoms with Crippen molar-refractivity contribution in [3.05, 3.63) is 63.2 Å². The average Bonchev–Trinajstić information content (AvgIpc) is 2.56. The third-order valence-electron chi connectivity index (χ3n) is 3.51. The Morgan fingerprint density at radius 3 is 2.42 bits per heavy atom. The van der Waals surface area contributed by atoms with Crippen LogP contribution in [-0.4, -0.2) is 37.1 Å². The van der Waals surface area contributed by atoms with Crippen molar-refractivity contribution in [2.45, 2.75) is 11.8 Å². The van der Waals surface area contributed by atoms with Gasteiger partial charge in [0.05, 0.1) is 11.5 Å². The molecule has 1 amide bonds. The summed E-state index contributed by atoms with van der Waals surface area (Å²) in [6, 6.07) is 10.2. The minimum atomic E-state index is -4.25. The zero-order valence-corrected chi connectivity index (χ0v) is 15.5. The van der Waals surface area contributed by atoms with E-state index in [0.717, 1.165) is 22.0 Å². The fraction of sp³-hybridized carbons (Fsp3) is 0.188. The third kappa shape index (κ3) is 4.57. The normalized spacial score (nSPS) is 11.4. The van der Waals surface area contributed by atoms with Crippen LogP contribution in [0.4, 0.5) is 11.4 Å². The van der Waals surface area contributed by atoms with Gasteiger partial charge in [0.15, 0.2) is 4.90 Å². The Bertz CT molecular complexity index is 945. The fourth-order valence-corrected chi connectivity index (χ4v) is 3.57. The van der Waals surface area contributed by atoms with Crippen LogP contribution in [0.5, 0.6) is 0 Å². The molecule has 8 nitrogen and oxygen atoms in total. The quantitative estimate of drug-likeness (QED) is 0.595. The Hall–Kier alpha value is -2.49. The van der Waals surface area contributed by atoms with Crippen LogP contribution in [0.2, 0.25) is 5.02 Å².